The molecule has 156 valence electrons. The Hall–Kier alpha value is -2.04. The highest BCUT2D eigenvalue weighted by Crippen LogP contribution is 2.32. The van der Waals surface area contributed by atoms with Crippen molar-refractivity contribution in [2.24, 2.45) is 0 Å². The fourth-order valence-corrected chi connectivity index (χ4v) is 4.57. The zero-order chi connectivity index (χ0) is 20.4. The van der Waals surface area contributed by atoms with Crippen molar-refractivity contribution in [1.29, 1.82) is 0 Å². The lowest BCUT2D eigenvalue weighted by Gasteiger charge is -2.25. The van der Waals surface area contributed by atoms with Crippen LogP contribution >= 0.6 is 0 Å². The Morgan fingerprint density at radius 3 is 2.24 bits per heavy atom. The Labute approximate surface area is 169 Å². The molecule has 1 aromatic carbocycles. The summed E-state index contributed by atoms with van der Waals surface area (Å²) in [5.74, 6) is -0.848. The van der Waals surface area contributed by atoms with E-state index in [0.717, 1.165) is 12.8 Å². The van der Waals surface area contributed by atoms with Gasteiger partial charge in [0, 0.05) is 37.8 Å². The third-order valence-corrected chi connectivity index (χ3v) is 6.46. The van der Waals surface area contributed by atoms with Gasteiger partial charge in [0.1, 0.15) is 16.8 Å². The summed E-state index contributed by atoms with van der Waals surface area (Å²) >= 11 is 0. The Morgan fingerprint density at radius 1 is 0.966 bits per heavy atom. The van der Waals surface area contributed by atoms with Gasteiger partial charge in [-0.15, -0.1) is 0 Å². The van der Waals surface area contributed by atoms with E-state index < -0.39 is 23.0 Å². The highest BCUT2D eigenvalue weighted by atomic mass is 32.2. The van der Waals surface area contributed by atoms with Crippen molar-refractivity contribution < 1.29 is 22.1 Å². The van der Waals surface area contributed by atoms with Crippen LogP contribution in [0.5, 0.6) is 0 Å². The van der Waals surface area contributed by atoms with Crippen LogP contribution in [0.3, 0.4) is 0 Å². The maximum atomic E-state index is 13.3. The number of alkyl halides is 3. The third-order valence-electron chi connectivity index (χ3n) is 4.95. The van der Waals surface area contributed by atoms with Crippen molar-refractivity contribution in [2.75, 3.05) is 44.3 Å². The molecule has 2 fully saturated rings. The van der Waals surface area contributed by atoms with Crippen LogP contribution in [-0.4, -0.2) is 57.9 Å². The molecule has 0 bridgehead atoms. The summed E-state index contributed by atoms with van der Waals surface area (Å²) in [6.45, 7) is 3.59. The minimum Gasteiger partial charge on any atom is -0.379 e. The topological polar surface area (TPSA) is 58.6 Å². The first-order chi connectivity index (χ1) is 13.9. The lowest BCUT2D eigenvalue weighted by Crippen LogP contribution is -2.37. The van der Waals surface area contributed by atoms with Crippen molar-refractivity contribution in [1.82, 2.24) is 14.3 Å². The second-order valence-electron chi connectivity index (χ2n) is 6.94. The maximum Gasteiger partial charge on any atom is 0.451 e. The van der Waals surface area contributed by atoms with Crippen LogP contribution in [0.1, 0.15) is 18.7 Å². The van der Waals surface area contributed by atoms with E-state index in [2.05, 4.69) is 9.97 Å². The largest absolute Gasteiger partial charge is 0.451 e. The molecule has 29 heavy (non-hydrogen) atoms. The molecule has 2 saturated heterocycles. The van der Waals surface area contributed by atoms with Gasteiger partial charge in [-0.25, -0.2) is 18.5 Å². The molecule has 0 saturated carbocycles. The van der Waals surface area contributed by atoms with Gasteiger partial charge in [-0.3, -0.25) is 0 Å². The molecule has 2 aliphatic rings. The van der Waals surface area contributed by atoms with Crippen LogP contribution in [-0.2, 0) is 21.9 Å². The number of anilines is 1. The molecular weight excluding hydrogens is 405 g/mol. The molecule has 1 aromatic heterocycles. The molecule has 2 aliphatic heterocycles. The van der Waals surface area contributed by atoms with Crippen molar-refractivity contribution in [3.05, 3.63) is 36.2 Å². The smallest absolute Gasteiger partial charge is 0.379 e. The predicted octanol–water partition coefficient (Wildman–Crippen LogP) is 3.12. The third kappa shape index (κ3) is 4.59. The molecule has 2 aromatic rings. The average Bonchev–Trinajstić information content (AvgIpc) is 3.28. The van der Waals surface area contributed by atoms with E-state index in [1.165, 1.54) is 0 Å². The minimum atomic E-state index is -4.62. The number of nitrogens with zero attached hydrogens (tertiary/aromatic N) is 4. The summed E-state index contributed by atoms with van der Waals surface area (Å²) in [4.78, 5) is 9.93. The summed E-state index contributed by atoms with van der Waals surface area (Å²) in [5, 5.41) is 0. The van der Waals surface area contributed by atoms with Crippen LogP contribution < -0.4 is 4.90 Å². The van der Waals surface area contributed by atoms with Gasteiger partial charge in [0.2, 0.25) is 5.82 Å². The molecule has 10 heteroatoms. The molecule has 0 amide bonds. The minimum absolute atomic E-state index is 0.206. The van der Waals surface area contributed by atoms with E-state index in [0.29, 0.717) is 55.7 Å². The quantitative estimate of drug-likeness (QED) is 0.752. The first-order valence-corrected chi connectivity index (χ1v) is 10.6. The normalized spacial score (nSPS) is 19.5. The van der Waals surface area contributed by atoms with Gasteiger partial charge < -0.3 is 9.64 Å². The number of halogens is 3. The zero-order valence-electron chi connectivity index (χ0n) is 15.7. The van der Waals surface area contributed by atoms with Gasteiger partial charge in [-0.05, 0) is 25.0 Å². The van der Waals surface area contributed by atoms with Crippen LogP contribution in [0.15, 0.2) is 35.2 Å². The second-order valence-corrected chi connectivity index (χ2v) is 8.43. The highest BCUT2D eigenvalue weighted by Gasteiger charge is 2.36. The Bertz CT molecular complexity index is 880. The van der Waals surface area contributed by atoms with Crippen LogP contribution in [0.4, 0.5) is 19.0 Å². The van der Waals surface area contributed by atoms with E-state index in [1.807, 2.05) is 9.21 Å². The number of rotatable bonds is 4. The summed E-state index contributed by atoms with van der Waals surface area (Å²) in [6, 6.07) is 8.25. The van der Waals surface area contributed by atoms with Gasteiger partial charge in [-0.1, -0.05) is 12.1 Å². The lowest BCUT2D eigenvalue weighted by atomic mass is 10.1. The van der Waals surface area contributed by atoms with E-state index in [-0.39, 0.29) is 5.69 Å². The number of morpholine rings is 1. The predicted molar refractivity (Wildman–Crippen MR) is 103 cm³/mol. The van der Waals surface area contributed by atoms with Crippen LogP contribution in [0.2, 0.25) is 0 Å². The van der Waals surface area contributed by atoms with Gasteiger partial charge in [0.15, 0.2) is 0 Å². The molecular formula is C19H21F3N4O2S. The summed E-state index contributed by atoms with van der Waals surface area (Å²) < 4.78 is 59.7. The van der Waals surface area contributed by atoms with Crippen molar-refractivity contribution in [3.8, 4) is 11.3 Å². The van der Waals surface area contributed by atoms with Gasteiger partial charge in [0.25, 0.3) is 0 Å². The fourth-order valence-electron chi connectivity index (χ4n) is 3.42. The number of ether oxygens (including phenoxy) is 1. The van der Waals surface area contributed by atoms with E-state index in [9.17, 15) is 17.4 Å². The number of hydrogen-bond acceptors (Lipinski definition) is 5. The molecule has 6 nitrogen and oxygen atoms in total. The van der Waals surface area contributed by atoms with Crippen LogP contribution in [0.25, 0.3) is 11.3 Å². The van der Waals surface area contributed by atoms with Gasteiger partial charge >= 0.3 is 6.18 Å². The molecule has 0 spiro atoms. The van der Waals surface area contributed by atoms with E-state index >= 15 is 0 Å². The number of aromatic nitrogens is 2. The fraction of sp³-hybridized carbons (Fsp3) is 0.474. The van der Waals surface area contributed by atoms with E-state index in [1.54, 1.807) is 30.3 Å². The summed E-state index contributed by atoms with van der Waals surface area (Å²) in [5.41, 5.74) is 0.735. The first kappa shape index (κ1) is 20.2. The molecule has 1 atom stereocenters. The zero-order valence-corrected chi connectivity index (χ0v) is 16.5. The highest BCUT2D eigenvalue weighted by molar-refractivity contribution is 7.82. The molecule has 0 aliphatic carbocycles. The maximum absolute atomic E-state index is 13.3. The van der Waals surface area contributed by atoms with Crippen molar-refractivity contribution in [2.45, 2.75) is 23.9 Å². The van der Waals surface area contributed by atoms with Gasteiger partial charge in [0.05, 0.1) is 23.8 Å². The summed E-state index contributed by atoms with van der Waals surface area (Å²) in [6.07, 6.45) is -2.76. The van der Waals surface area contributed by atoms with Crippen molar-refractivity contribution in [3.63, 3.8) is 0 Å². The Balaban J connectivity index is 1.63. The monoisotopic (exact) mass is 426 g/mol. The molecule has 1 unspecified atom stereocenters. The SMILES string of the molecule is O=S(c1ccc(-c2cc(N3CCCC3)nc(C(F)(F)F)n2)cc1)N1CCOCC1. The molecule has 0 N–H and O–H groups in total. The molecule has 3 heterocycles. The molecule has 0 radical (unpaired) electrons. The summed E-state index contributed by atoms with van der Waals surface area (Å²) in [7, 11) is -1.33. The van der Waals surface area contributed by atoms with Gasteiger partial charge in [-0.2, -0.15) is 13.2 Å². The second kappa shape index (κ2) is 8.37. The first-order valence-electron chi connectivity index (χ1n) is 9.48. The number of benzene rings is 1. The average molecular weight is 426 g/mol. The lowest BCUT2D eigenvalue weighted by molar-refractivity contribution is -0.144. The standard InChI is InChI=1S/C19H21F3N4O2S/c20-19(21,22)18-23-16(13-17(24-18)25-7-1-2-8-25)14-3-5-15(6-4-14)29(27)26-9-11-28-12-10-26/h3-6,13H,1-2,7-12H2. The number of hydrogen-bond donors (Lipinski definition) is 0. The van der Waals surface area contributed by atoms with E-state index in [4.69, 9.17) is 4.74 Å². The van der Waals surface area contributed by atoms with Crippen molar-refractivity contribution >= 4 is 16.8 Å². The molecule has 4 rings (SSSR count). The van der Waals surface area contributed by atoms with Crippen LogP contribution in [0, 0.1) is 0 Å². The Morgan fingerprint density at radius 2 is 1.62 bits per heavy atom. The Kier molecular flexibility index (Phi) is 5.84.